The first-order valence-corrected chi connectivity index (χ1v) is 9.80. The van der Waals surface area contributed by atoms with Crippen LogP contribution in [-0.2, 0) is 19.1 Å². The van der Waals surface area contributed by atoms with Gasteiger partial charge in [-0.2, -0.15) is 0 Å². The molecule has 0 radical (unpaired) electrons. The topological polar surface area (TPSA) is 102 Å². The van der Waals surface area contributed by atoms with E-state index in [-0.39, 0.29) is 26.4 Å². The quantitative estimate of drug-likeness (QED) is 0.457. The molecule has 0 spiro atoms. The number of benzene rings is 2. The molecule has 0 saturated heterocycles. The van der Waals surface area contributed by atoms with Crippen LogP contribution in [0.25, 0.3) is 16.9 Å². The van der Waals surface area contributed by atoms with E-state index in [4.69, 9.17) is 18.9 Å². The number of para-hydroxylation sites is 3. The third-order valence-electron chi connectivity index (χ3n) is 4.07. The minimum Gasteiger partial charge on any atom is -0.481 e. The zero-order valence-corrected chi connectivity index (χ0v) is 17.3. The van der Waals surface area contributed by atoms with Crippen molar-refractivity contribution in [3.05, 3.63) is 54.7 Å². The van der Waals surface area contributed by atoms with E-state index in [1.165, 1.54) is 4.68 Å². The van der Waals surface area contributed by atoms with Crippen molar-refractivity contribution in [1.29, 1.82) is 0 Å². The SMILES string of the molecule is CCOC(=O)COc1ccccc1-c1cn(-c2ccccc2OCC(=O)OCC)nn1. The van der Waals surface area contributed by atoms with Gasteiger partial charge >= 0.3 is 11.9 Å². The summed E-state index contributed by atoms with van der Waals surface area (Å²) in [5.41, 5.74) is 1.82. The van der Waals surface area contributed by atoms with Gasteiger partial charge < -0.3 is 18.9 Å². The molecule has 0 fully saturated rings. The molecule has 0 aliphatic rings. The summed E-state index contributed by atoms with van der Waals surface area (Å²) < 4.78 is 22.5. The molecule has 0 unspecified atom stereocenters. The van der Waals surface area contributed by atoms with Gasteiger partial charge in [0.1, 0.15) is 22.9 Å². The van der Waals surface area contributed by atoms with Gasteiger partial charge in [0, 0.05) is 5.56 Å². The van der Waals surface area contributed by atoms with E-state index >= 15 is 0 Å². The van der Waals surface area contributed by atoms with Crippen LogP contribution in [0.1, 0.15) is 13.8 Å². The van der Waals surface area contributed by atoms with Crippen LogP contribution in [0, 0.1) is 0 Å². The minimum absolute atomic E-state index is 0.205. The summed E-state index contributed by atoms with van der Waals surface area (Å²) in [5, 5.41) is 8.40. The molecule has 1 heterocycles. The van der Waals surface area contributed by atoms with Crippen LogP contribution in [0.4, 0.5) is 0 Å². The monoisotopic (exact) mass is 425 g/mol. The van der Waals surface area contributed by atoms with Crippen LogP contribution in [-0.4, -0.2) is 53.4 Å². The zero-order chi connectivity index (χ0) is 22.1. The van der Waals surface area contributed by atoms with Crippen molar-refractivity contribution in [3.8, 4) is 28.4 Å². The highest BCUT2D eigenvalue weighted by atomic mass is 16.6. The fourth-order valence-corrected chi connectivity index (χ4v) is 2.76. The molecule has 9 heteroatoms. The van der Waals surface area contributed by atoms with Gasteiger partial charge in [0.25, 0.3) is 0 Å². The fraction of sp³-hybridized carbons (Fsp3) is 0.273. The Kier molecular flexibility index (Phi) is 7.58. The number of carbonyl (C=O) groups excluding carboxylic acids is 2. The Hall–Kier alpha value is -3.88. The molecule has 0 aliphatic heterocycles. The van der Waals surface area contributed by atoms with Crippen molar-refractivity contribution in [2.75, 3.05) is 26.4 Å². The van der Waals surface area contributed by atoms with Crippen molar-refractivity contribution < 1.29 is 28.5 Å². The number of nitrogens with zero attached hydrogens (tertiary/aromatic N) is 3. The molecule has 9 nitrogen and oxygen atoms in total. The lowest BCUT2D eigenvalue weighted by Gasteiger charge is -2.10. The van der Waals surface area contributed by atoms with Gasteiger partial charge in [0.2, 0.25) is 0 Å². The second kappa shape index (κ2) is 10.8. The molecule has 0 amide bonds. The highest BCUT2D eigenvalue weighted by Crippen LogP contribution is 2.30. The normalized spacial score (nSPS) is 10.4. The van der Waals surface area contributed by atoms with Crippen molar-refractivity contribution in [2.24, 2.45) is 0 Å². The number of esters is 2. The van der Waals surface area contributed by atoms with Gasteiger partial charge in [-0.15, -0.1) is 5.10 Å². The van der Waals surface area contributed by atoms with E-state index in [2.05, 4.69) is 10.3 Å². The molecular formula is C22H23N3O6. The Balaban J connectivity index is 1.80. The van der Waals surface area contributed by atoms with E-state index in [1.807, 2.05) is 18.2 Å². The maximum Gasteiger partial charge on any atom is 0.344 e. The molecule has 1 aromatic heterocycles. The second-order valence-electron chi connectivity index (χ2n) is 6.20. The van der Waals surface area contributed by atoms with Gasteiger partial charge in [0.05, 0.1) is 19.4 Å². The van der Waals surface area contributed by atoms with Gasteiger partial charge in [0.15, 0.2) is 13.2 Å². The van der Waals surface area contributed by atoms with Gasteiger partial charge in [-0.1, -0.05) is 29.5 Å². The minimum atomic E-state index is -0.454. The molecule has 0 atom stereocenters. The van der Waals surface area contributed by atoms with Crippen LogP contribution in [0.3, 0.4) is 0 Å². The van der Waals surface area contributed by atoms with E-state index < -0.39 is 11.9 Å². The summed E-state index contributed by atoms with van der Waals surface area (Å²) in [5.74, 6) is 0.0335. The highest BCUT2D eigenvalue weighted by molar-refractivity contribution is 5.73. The lowest BCUT2D eigenvalue weighted by Crippen LogP contribution is -2.15. The van der Waals surface area contributed by atoms with Crippen LogP contribution < -0.4 is 9.47 Å². The van der Waals surface area contributed by atoms with E-state index in [0.29, 0.717) is 28.4 Å². The summed E-state index contributed by atoms with van der Waals surface area (Å²) in [6.07, 6.45) is 1.71. The Morgan fingerprint density at radius 1 is 0.839 bits per heavy atom. The average Bonchev–Trinajstić information content (AvgIpc) is 3.27. The number of aromatic nitrogens is 3. The van der Waals surface area contributed by atoms with Gasteiger partial charge in [-0.25, -0.2) is 14.3 Å². The lowest BCUT2D eigenvalue weighted by atomic mass is 10.1. The molecule has 2 aromatic carbocycles. The first kappa shape index (κ1) is 21.8. The molecule has 3 aromatic rings. The number of hydrogen-bond acceptors (Lipinski definition) is 8. The molecule has 0 N–H and O–H groups in total. The largest absolute Gasteiger partial charge is 0.481 e. The van der Waals surface area contributed by atoms with Crippen molar-refractivity contribution in [3.63, 3.8) is 0 Å². The molecular weight excluding hydrogens is 402 g/mol. The predicted molar refractivity (Wildman–Crippen MR) is 111 cm³/mol. The van der Waals surface area contributed by atoms with E-state index in [1.54, 1.807) is 50.4 Å². The van der Waals surface area contributed by atoms with E-state index in [0.717, 1.165) is 0 Å². The maximum atomic E-state index is 11.6. The second-order valence-corrected chi connectivity index (χ2v) is 6.20. The average molecular weight is 425 g/mol. The van der Waals surface area contributed by atoms with Crippen molar-refractivity contribution >= 4 is 11.9 Å². The first-order valence-electron chi connectivity index (χ1n) is 9.80. The summed E-state index contributed by atoms with van der Waals surface area (Å²) in [4.78, 5) is 23.2. The molecule has 3 rings (SSSR count). The van der Waals surface area contributed by atoms with Gasteiger partial charge in [-0.3, -0.25) is 0 Å². The fourth-order valence-electron chi connectivity index (χ4n) is 2.76. The van der Waals surface area contributed by atoms with Crippen LogP contribution in [0.15, 0.2) is 54.7 Å². The van der Waals surface area contributed by atoms with Crippen molar-refractivity contribution in [2.45, 2.75) is 13.8 Å². The zero-order valence-electron chi connectivity index (χ0n) is 17.3. The Labute approximate surface area is 179 Å². The smallest absolute Gasteiger partial charge is 0.344 e. The highest BCUT2D eigenvalue weighted by Gasteiger charge is 2.15. The number of ether oxygens (including phenoxy) is 4. The van der Waals surface area contributed by atoms with Crippen LogP contribution in [0.2, 0.25) is 0 Å². The summed E-state index contributed by atoms with van der Waals surface area (Å²) in [7, 11) is 0. The number of hydrogen-bond donors (Lipinski definition) is 0. The molecule has 0 aliphatic carbocycles. The lowest BCUT2D eigenvalue weighted by molar-refractivity contribution is -0.146. The van der Waals surface area contributed by atoms with Crippen LogP contribution in [0.5, 0.6) is 11.5 Å². The van der Waals surface area contributed by atoms with Crippen LogP contribution >= 0.6 is 0 Å². The molecule has 31 heavy (non-hydrogen) atoms. The summed E-state index contributed by atoms with van der Waals surface area (Å²) in [6, 6.07) is 14.3. The third kappa shape index (κ3) is 5.81. The Morgan fingerprint density at radius 3 is 2.10 bits per heavy atom. The standard InChI is InChI=1S/C22H23N3O6/c1-3-28-21(26)14-30-19-11-7-5-9-16(19)17-13-25(24-23-17)18-10-6-8-12-20(18)31-15-22(27)29-4-2/h5-13H,3-4,14-15H2,1-2H3. The van der Waals surface area contributed by atoms with E-state index in [9.17, 15) is 9.59 Å². The van der Waals surface area contributed by atoms with Crippen molar-refractivity contribution in [1.82, 2.24) is 15.0 Å². The third-order valence-corrected chi connectivity index (χ3v) is 4.07. The Morgan fingerprint density at radius 2 is 1.42 bits per heavy atom. The summed E-state index contributed by atoms with van der Waals surface area (Å²) >= 11 is 0. The predicted octanol–water partition coefficient (Wildman–Crippen LogP) is 2.82. The molecule has 162 valence electrons. The summed E-state index contributed by atoms with van der Waals surface area (Å²) in [6.45, 7) is 3.62. The molecule has 0 bridgehead atoms. The number of carbonyl (C=O) groups is 2. The van der Waals surface area contributed by atoms with Gasteiger partial charge in [-0.05, 0) is 38.1 Å². The molecule has 0 saturated carbocycles. The first-order chi connectivity index (χ1) is 15.1. The Bertz CT molecular complexity index is 953. The maximum absolute atomic E-state index is 11.6. The number of rotatable bonds is 10.